The maximum atomic E-state index is 13.3. The minimum atomic E-state index is -4.44. The molecule has 4 rings (SSSR count). The van der Waals surface area contributed by atoms with Gasteiger partial charge in [0.15, 0.2) is 0 Å². The minimum absolute atomic E-state index is 0.0960. The number of cyclic esters (lactones) is 1. The number of hydrogen-bond acceptors (Lipinski definition) is 4. The van der Waals surface area contributed by atoms with Gasteiger partial charge in [-0.1, -0.05) is 24.3 Å². The van der Waals surface area contributed by atoms with Crippen molar-refractivity contribution in [2.75, 3.05) is 18.1 Å². The summed E-state index contributed by atoms with van der Waals surface area (Å²) in [7, 11) is 0. The number of nitrogens with zero attached hydrogens (tertiary/aromatic N) is 1. The Balaban J connectivity index is 1.66. The highest BCUT2D eigenvalue weighted by Gasteiger charge is 2.35. The van der Waals surface area contributed by atoms with Crippen molar-refractivity contribution in [3.05, 3.63) is 64.7 Å². The van der Waals surface area contributed by atoms with Crippen LogP contribution in [0.15, 0.2) is 42.5 Å². The molecule has 1 atom stereocenters. The fraction of sp³-hybridized carbons (Fsp3) is 0.250. The van der Waals surface area contributed by atoms with E-state index < -0.39 is 23.9 Å². The van der Waals surface area contributed by atoms with Gasteiger partial charge in [-0.05, 0) is 35.4 Å². The highest BCUT2D eigenvalue weighted by atomic mass is 19.4. The van der Waals surface area contributed by atoms with Crippen LogP contribution in [0.25, 0.3) is 11.8 Å². The first-order valence-corrected chi connectivity index (χ1v) is 8.71. The monoisotopic (exact) mass is 390 g/mol. The first kappa shape index (κ1) is 18.4. The predicted octanol–water partition coefficient (Wildman–Crippen LogP) is 3.62. The van der Waals surface area contributed by atoms with E-state index in [1.807, 2.05) is 0 Å². The molecule has 1 fully saturated rings. The Labute approximate surface area is 159 Å². The second-order valence-corrected chi connectivity index (χ2v) is 6.64. The molecule has 2 heterocycles. The molecule has 2 aromatic carbocycles. The number of fused-ring (bicyclic) bond motifs is 1. The normalized spacial score (nSPS) is 19.0. The van der Waals surface area contributed by atoms with E-state index in [0.29, 0.717) is 17.9 Å². The Morgan fingerprint density at radius 2 is 2.00 bits per heavy atom. The summed E-state index contributed by atoms with van der Waals surface area (Å²) < 4.78 is 44.9. The van der Waals surface area contributed by atoms with Crippen LogP contribution in [0.3, 0.4) is 0 Å². The molecule has 0 bridgehead atoms. The van der Waals surface area contributed by atoms with E-state index in [9.17, 15) is 18.0 Å². The summed E-state index contributed by atoms with van der Waals surface area (Å²) in [6, 6.07) is 10.7. The number of amides is 1. The molecule has 0 aromatic heterocycles. The van der Waals surface area contributed by atoms with Crippen LogP contribution < -0.4 is 10.2 Å². The molecule has 0 saturated carbocycles. The van der Waals surface area contributed by atoms with Gasteiger partial charge in [-0.15, -0.1) is 0 Å². The molecule has 2 aliphatic rings. The van der Waals surface area contributed by atoms with Gasteiger partial charge in [-0.2, -0.15) is 13.2 Å². The third kappa shape index (κ3) is 3.31. The second-order valence-electron chi connectivity index (χ2n) is 6.64. The van der Waals surface area contributed by atoms with Crippen LogP contribution in [0.4, 0.5) is 23.7 Å². The van der Waals surface area contributed by atoms with E-state index in [0.717, 1.165) is 17.2 Å². The molecule has 1 saturated heterocycles. The molecule has 146 valence electrons. The SMILES string of the molecule is O=C1O[C@@H](CO)CN1c1ccc2c(c1)CNC(c1ccccc1C(F)(F)F)=C2. The number of aliphatic hydroxyl groups excluding tert-OH is 1. The molecule has 0 aliphatic carbocycles. The number of alkyl halides is 3. The number of ether oxygens (including phenoxy) is 1. The van der Waals surface area contributed by atoms with Crippen LogP contribution in [0, 0.1) is 0 Å². The Kier molecular flexibility index (Phi) is 4.50. The van der Waals surface area contributed by atoms with Gasteiger partial charge in [-0.25, -0.2) is 4.79 Å². The lowest BCUT2D eigenvalue weighted by Crippen LogP contribution is -2.26. The lowest BCUT2D eigenvalue weighted by molar-refractivity contribution is -0.137. The van der Waals surface area contributed by atoms with Crippen molar-refractivity contribution < 1.29 is 27.8 Å². The van der Waals surface area contributed by atoms with E-state index in [2.05, 4.69) is 5.32 Å². The van der Waals surface area contributed by atoms with E-state index in [4.69, 9.17) is 9.84 Å². The molecule has 2 aliphatic heterocycles. The number of aliphatic hydroxyl groups is 1. The zero-order chi connectivity index (χ0) is 19.9. The van der Waals surface area contributed by atoms with E-state index >= 15 is 0 Å². The molecular weight excluding hydrogens is 373 g/mol. The average molecular weight is 390 g/mol. The minimum Gasteiger partial charge on any atom is -0.441 e. The lowest BCUT2D eigenvalue weighted by atomic mass is 9.96. The van der Waals surface area contributed by atoms with Crippen molar-refractivity contribution in [3.63, 3.8) is 0 Å². The maximum Gasteiger partial charge on any atom is 0.417 e. The van der Waals surface area contributed by atoms with Crippen LogP contribution in [0.1, 0.15) is 22.3 Å². The summed E-state index contributed by atoms with van der Waals surface area (Å²) in [6.45, 7) is 0.328. The molecule has 2 N–H and O–H groups in total. The molecule has 0 radical (unpaired) electrons. The largest absolute Gasteiger partial charge is 0.441 e. The van der Waals surface area contributed by atoms with Gasteiger partial charge in [0.2, 0.25) is 0 Å². The van der Waals surface area contributed by atoms with Gasteiger partial charge < -0.3 is 15.2 Å². The van der Waals surface area contributed by atoms with Crippen LogP contribution in [-0.4, -0.2) is 30.5 Å². The van der Waals surface area contributed by atoms with Crippen LogP contribution >= 0.6 is 0 Å². The Bertz CT molecular complexity index is 956. The summed E-state index contributed by atoms with van der Waals surface area (Å²) in [5.41, 5.74) is 2.05. The van der Waals surface area contributed by atoms with Crippen molar-refractivity contribution in [2.45, 2.75) is 18.8 Å². The van der Waals surface area contributed by atoms with Crippen LogP contribution in [-0.2, 0) is 17.5 Å². The molecule has 5 nitrogen and oxygen atoms in total. The highest BCUT2D eigenvalue weighted by molar-refractivity contribution is 5.91. The third-order valence-corrected chi connectivity index (χ3v) is 4.81. The Morgan fingerprint density at radius 1 is 1.21 bits per heavy atom. The van der Waals surface area contributed by atoms with Crippen LogP contribution in [0.5, 0.6) is 0 Å². The first-order chi connectivity index (χ1) is 13.4. The van der Waals surface area contributed by atoms with Crippen molar-refractivity contribution in [2.24, 2.45) is 0 Å². The summed E-state index contributed by atoms with van der Waals surface area (Å²) in [4.78, 5) is 13.4. The smallest absolute Gasteiger partial charge is 0.417 e. The summed E-state index contributed by atoms with van der Waals surface area (Å²) in [6.07, 6.45) is -3.86. The van der Waals surface area contributed by atoms with Gasteiger partial charge in [0.1, 0.15) is 6.10 Å². The number of nitrogens with one attached hydrogen (secondary N) is 1. The number of rotatable bonds is 3. The molecule has 2 aromatic rings. The quantitative estimate of drug-likeness (QED) is 0.840. The topological polar surface area (TPSA) is 61.8 Å². The van der Waals surface area contributed by atoms with E-state index in [1.165, 1.54) is 17.0 Å². The Hall–Kier alpha value is -3.00. The number of halogens is 3. The van der Waals surface area contributed by atoms with E-state index in [1.54, 1.807) is 30.3 Å². The predicted molar refractivity (Wildman–Crippen MR) is 97.3 cm³/mol. The zero-order valence-corrected chi connectivity index (χ0v) is 14.7. The fourth-order valence-electron chi connectivity index (χ4n) is 3.42. The van der Waals surface area contributed by atoms with Gasteiger partial charge in [0, 0.05) is 23.5 Å². The van der Waals surface area contributed by atoms with Gasteiger partial charge in [0.25, 0.3) is 0 Å². The van der Waals surface area contributed by atoms with Crippen molar-refractivity contribution in [1.29, 1.82) is 0 Å². The van der Waals surface area contributed by atoms with Gasteiger partial charge >= 0.3 is 12.3 Å². The average Bonchev–Trinajstić information content (AvgIpc) is 3.07. The number of hydrogen-bond donors (Lipinski definition) is 2. The number of carbonyl (C=O) groups excluding carboxylic acids is 1. The summed E-state index contributed by atoms with van der Waals surface area (Å²) in [5, 5.41) is 12.2. The number of anilines is 1. The van der Waals surface area contributed by atoms with Crippen molar-refractivity contribution >= 4 is 23.6 Å². The van der Waals surface area contributed by atoms with E-state index in [-0.39, 0.29) is 18.7 Å². The maximum absolute atomic E-state index is 13.3. The van der Waals surface area contributed by atoms with Gasteiger partial charge in [-0.3, -0.25) is 4.90 Å². The highest BCUT2D eigenvalue weighted by Crippen LogP contribution is 2.36. The molecular formula is C20H17F3N2O3. The zero-order valence-electron chi connectivity index (χ0n) is 14.7. The molecule has 0 unspecified atom stereocenters. The second kappa shape index (κ2) is 6.87. The van der Waals surface area contributed by atoms with Crippen molar-refractivity contribution in [1.82, 2.24) is 5.32 Å². The molecule has 1 amide bonds. The Morgan fingerprint density at radius 3 is 2.71 bits per heavy atom. The number of benzene rings is 2. The molecule has 8 heteroatoms. The standard InChI is InChI=1S/C20H17F3N2O3/c21-20(22,23)17-4-2-1-3-16(17)18-8-12-5-6-14(7-13(12)9-24-18)25-10-15(11-26)28-19(25)27/h1-8,15,24,26H,9-11H2/t15-/m1/s1. The summed E-state index contributed by atoms with van der Waals surface area (Å²) in [5.74, 6) is 0. The molecule has 28 heavy (non-hydrogen) atoms. The van der Waals surface area contributed by atoms with Crippen molar-refractivity contribution in [3.8, 4) is 0 Å². The van der Waals surface area contributed by atoms with Crippen LogP contribution in [0.2, 0.25) is 0 Å². The fourth-order valence-corrected chi connectivity index (χ4v) is 3.42. The first-order valence-electron chi connectivity index (χ1n) is 8.71. The lowest BCUT2D eigenvalue weighted by Gasteiger charge is -2.23. The van der Waals surface area contributed by atoms with Gasteiger partial charge in [0.05, 0.1) is 18.7 Å². The third-order valence-electron chi connectivity index (χ3n) is 4.81. The number of carbonyl (C=O) groups is 1. The molecule has 0 spiro atoms. The summed E-state index contributed by atoms with van der Waals surface area (Å²) >= 11 is 0.